The highest BCUT2D eigenvalue weighted by Crippen LogP contribution is 2.20. The number of anilines is 1. The predicted octanol–water partition coefficient (Wildman–Crippen LogP) is 2.95. The number of para-hydroxylation sites is 2. The minimum atomic E-state index is 0.675. The third-order valence-corrected chi connectivity index (χ3v) is 3.04. The van der Waals surface area contributed by atoms with Gasteiger partial charge in [-0.05, 0) is 23.6 Å². The number of ether oxygens (including phenoxy) is 1. The summed E-state index contributed by atoms with van der Waals surface area (Å²) < 4.78 is 5.59. The molecule has 0 aliphatic rings. The molecule has 15 heavy (non-hydrogen) atoms. The van der Waals surface area contributed by atoms with Gasteiger partial charge in [-0.15, -0.1) is 11.3 Å². The van der Waals surface area contributed by atoms with Crippen molar-refractivity contribution in [2.24, 2.45) is 0 Å². The lowest BCUT2D eigenvalue weighted by atomic mass is 10.3. The Morgan fingerprint density at radius 3 is 2.73 bits per heavy atom. The van der Waals surface area contributed by atoms with Gasteiger partial charge in [-0.25, -0.2) is 0 Å². The fourth-order valence-electron chi connectivity index (χ4n) is 1.33. The SMILES string of the molecule is Nc1ccccc1OCCc1cccs1. The number of thiophene rings is 1. The summed E-state index contributed by atoms with van der Waals surface area (Å²) in [5, 5.41) is 2.08. The topological polar surface area (TPSA) is 35.2 Å². The normalized spacial score (nSPS) is 10.1. The van der Waals surface area contributed by atoms with E-state index >= 15 is 0 Å². The summed E-state index contributed by atoms with van der Waals surface area (Å²) in [6.07, 6.45) is 0.937. The molecule has 1 aromatic carbocycles. The highest BCUT2D eigenvalue weighted by molar-refractivity contribution is 7.09. The number of hydrogen-bond donors (Lipinski definition) is 1. The van der Waals surface area contributed by atoms with Crippen LogP contribution in [-0.2, 0) is 6.42 Å². The van der Waals surface area contributed by atoms with Crippen molar-refractivity contribution >= 4 is 17.0 Å². The molecule has 0 radical (unpaired) electrons. The van der Waals surface area contributed by atoms with Gasteiger partial charge < -0.3 is 10.5 Å². The van der Waals surface area contributed by atoms with Gasteiger partial charge >= 0.3 is 0 Å². The minimum absolute atomic E-state index is 0.675. The summed E-state index contributed by atoms with van der Waals surface area (Å²) >= 11 is 1.75. The van der Waals surface area contributed by atoms with Crippen molar-refractivity contribution in [3.8, 4) is 5.75 Å². The summed E-state index contributed by atoms with van der Waals surface area (Å²) in [5.41, 5.74) is 6.46. The van der Waals surface area contributed by atoms with Gasteiger partial charge in [0.1, 0.15) is 5.75 Å². The van der Waals surface area contributed by atoms with Crippen molar-refractivity contribution in [2.45, 2.75) is 6.42 Å². The van der Waals surface area contributed by atoms with E-state index in [0.29, 0.717) is 12.3 Å². The lowest BCUT2D eigenvalue weighted by Crippen LogP contribution is -2.02. The van der Waals surface area contributed by atoms with Gasteiger partial charge in [0.05, 0.1) is 12.3 Å². The molecule has 0 aliphatic carbocycles. The van der Waals surface area contributed by atoms with Gasteiger partial charge in [-0.3, -0.25) is 0 Å². The Labute approximate surface area is 93.3 Å². The molecule has 2 aromatic rings. The first-order chi connectivity index (χ1) is 7.36. The fourth-order valence-corrected chi connectivity index (χ4v) is 2.02. The molecule has 0 saturated carbocycles. The van der Waals surface area contributed by atoms with Gasteiger partial charge in [-0.2, -0.15) is 0 Å². The fraction of sp³-hybridized carbons (Fsp3) is 0.167. The number of hydrogen-bond acceptors (Lipinski definition) is 3. The summed E-state index contributed by atoms with van der Waals surface area (Å²) in [7, 11) is 0. The molecular formula is C12H13NOS. The van der Waals surface area contributed by atoms with Gasteiger partial charge in [0, 0.05) is 11.3 Å². The summed E-state index contributed by atoms with van der Waals surface area (Å²) in [6.45, 7) is 0.675. The van der Waals surface area contributed by atoms with Gasteiger partial charge in [0.2, 0.25) is 0 Å². The lowest BCUT2D eigenvalue weighted by molar-refractivity contribution is 0.324. The molecule has 0 aliphatic heterocycles. The van der Waals surface area contributed by atoms with E-state index < -0.39 is 0 Å². The first kappa shape index (κ1) is 10.1. The molecule has 0 bridgehead atoms. The second-order valence-electron chi connectivity index (χ2n) is 3.22. The number of nitrogen functional groups attached to an aromatic ring is 1. The zero-order valence-corrected chi connectivity index (χ0v) is 9.17. The molecule has 1 aromatic heterocycles. The largest absolute Gasteiger partial charge is 0.491 e. The third-order valence-electron chi connectivity index (χ3n) is 2.11. The Hall–Kier alpha value is -1.48. The average Bonchev–Trinajstić information content (AvgIpc) is 2.74. The van der Waals surface area contributed by atoms with Crippen molar-refractivity contribution in [2.75, 3.05) is 12.3 Å². The van der Waals surface area contributed by atoms with E-state index in [9.17, 15) is 0 Å². The average molecular weight is 219 g/mol. The number of nitrogens with two attached hydrogens (primary N) is 1. The number of benzene rings is 1. The molecule has 2 rings (SSSR count). The van der Waals surface area contributed by atoms with Crippen LogP contribution in [0.4, 0.5) is 5.69 Å². The van der Waals surface area contributed by atoms with Crippen LogP contribution in [0.2, 0.25) is 0 Å². The monoisotopic (exact) mass is 219 g/mol. The Morgan fingerprint density at radius 1 is 1.13 bits per heavy atom. The summed E-state index contributed by atoms with van der Waals surface area (Å²) in [4.78, 5) is 1.34. The van der Waals surface area contributed by atoms with Crippen LogP contribution in [0.5, 0.6) is 5.75 Å². The lowest BCUT2D eigenvalue weighted by Gasteiger charge is -2.07. The molecule has 2 nitrogen and oxygen atoms in total. The van der Waals surface area contributed by atoms with Gasteiger partial charge in [0.25, 0.3) is 0 Å². The van der Waals surface area contributed by atoms with E-state index in [0.717, 1.165) is 12.2 Å². The maximum Gasteiger partial charge on any atom is 0.142 e. The molecule has 0 saturated heterocycles. The Kier molecular flexibility index (Phi) is 3.25. The zero-order chi connectivity index (χ0) is 10.5. The molecule has 0 spiro atoms. The molecule has 78 valence electrons. The van der Waals surface area contributed by atoms with Crippen molar-refractivity contribution in [3.63, 3.8) is 0 Å². The highest BCUT2D eigenvalue weighted by Gasteiger charge is 1.99. The first-order valence-electron chi connectivity index (χ1n) is 4.86. The zero-order valence-electron chi connectivity index (χ0n) is 8.35. The maximum atomic E-state index is 5.76. The van der Waals surface area contributed by atoms with Crippen molar-refractivity contribution < 1.29 is 4.74 Å². The van der Waals surface area contributed by atoms with Crippen LogP contribution < -0.4 is 10.5 Å². The molecule has 3 heteroatoms. The van der Waals surface area contributed by atoms with E-state index in [1.165, 1.54) is 4.88 Å². The van der Waals surface area contributed by atoms with E-state index in [-0.39, 0.29) is 0 Å². The molecule has 0 atom stereocenters. The Balaban J connectivity index is 1.86. The highest BCUT2D eigenvalue weighted by atomic mass is 32.1. The van der Waals surface area contributed by atoms with Crippen LogP contribution in [-0.4, -0.2) is 6.61 Å². The Morgan fingerprint density at radius 2 is 2.00 bits per heavy atom. The maximum absolute atomic E-state index is 5.76. The first-order valence-corrected chi connectivity index (χ1v) is 5.74. The number of rotatable bonds is 4. The van der Waals surface area contributed by atoms with E-state index in [1.807, 2.05) is 24.3 Å². The third kappa shape index (κ3) is 2.73. The molecule has 2 N–H and O–H groups in total. The van der Waals surface area contributed by atoms with Gasteiger partial charge in [-0.1, -0.05) is 18.2 Å². The van der Waals surface area contributed by atoms with E-state index in [2.05, 4.69) is 17.5 Å². The molecule has 1 heterocycles. The van der Waals surface area contributed by atoms with E-state index in [4.69, 9.17) is 10.5 Å². The quantitative estimate of drug-likeness (QED) is 0.802. The standard InChI is InChI=1S/C12H13NOS/c13-11-5-1-2-6-12(11)14-8-7-10-4-3-9-15-10/h1-6,9H,7-8,13H2. The molecule has 0 unspecified atom stereocenters. The van der Waals surface area contributed by atoms with Crippen LogP contribution >= 0.6 is 11.3 Å². The smallest absolute Gasteiger partial charge is 0.142 e. The van der Waals surface area contributed by atoms with Crippen molar-refractivity contribution in [3.05, 3.63) is 46.7 Å². The van der Waals surface area contributed by atoms with Crippen LogP contribution in [0.15, 0.2) is 41.8 Å². The second-order valence-corrected chi connectivity index (χ2v) is 4.25. The predicted molar refractivity (Wildman–Crippen MR) is 64.4 cm³/mol. The molecular weight excluding hydrogens is 206 g/mol. The van der Waals surface area contributed by atoms with Gasteiger partial charge in [0.15, 0.2) is 0 Å². The van der Waals surface area contributed by atoms with Crippen LogP contribution in [0, 0.1) is 0 Å². The van der Waals surface area contributed by atoms with E-state index in [1.54, 1.807) is 11.3 Å². The van der Waals surface area contributed by atoms with Crippen LogP contribution in [0.25, 0.3) is 0 Å². The molecule has 0 amide bonds. The second kappa shape index (κ2) is 4.84. The summed E-state index contributed by atoms with van der Waals surface area (Å²) in [6, 6.07) is 11.7. The van der Waals surface area contributed by atoms with Crippen molar-refractivity contribution in [1.29, 1.82) is 0 Å². The Bertz CT molecular complexity index is 411. The van der Waals surface area contributed by atoms with Crippen LogP contribution in [0.1, 0.15) is 4.88 Å². The van der Waals surface area contributed by atoms with Crippen LogP contribution in [0.3, 0.4) is 0 Å². The molecule has 0 fully saturated rings. The van der Waals surface area contributed by atoms with Crippen molar-refractivity contribution in [1.82, 2.24) is 0 Å². The summed E-state index contributed by atoms with van der Waals surface area (Å²) in [5.74, 6) is 0.772. The minimum Gasteiger partial charge on any atom is -0.491 e.